The second kappa shape index (κ2) is 7.72. The van der Waals surface area contributed by atoms with E-state index in [4.69, 9.17) is 0 Å². The van der Waals surface area contributed by atoms with E-state index in [-0.39, 0.29) is 11.8 Å². The van der Waals surface area contributed by atoms with Gasteiger partial charge in [-0.25, -0.2) is 0 Å². The Morgan fingerprint density at radius 3 is 2.50 bits per heavy atom. The molecule has 3 N–H and O–H groups in total. The molecule has 5 unspecified atom stereocenters. The fraction of sp³-hybridized carbons (Fsp3) is 0.733. The lowest BCUT2D eigenvalue weighted by Crippen LogP contribution is -2.20. The molecule has 0 amide bonds. The van der Waals surface area contributed by atoms with Crippen molar-refractivity contribution in [2.24, 2.45) is 11.8 Å². The molecular formula is C15H26O3. The van der Waals surface area contributed by atoms with Crippen molar-refractivity contribution in [3.8, 4) is 0 Å². The zero-order valence-corrected chi connectivity index (χ0v) is 11.4. The maximum absolute atomic E-state index is 9.96. The molecule has 5 atom stereocenters. The van der Waals surface area contributed by atoms with E-state index in [0.717, 1.165) is 12.8 Å². The third-order valence-electron chi connectivity index (χ3n) is 3.70. The molecule has 0 radical (unpaired) electrons. The summed E-state index contributed by atoms with van der Waals surface area (Å²) in [5, 5.41) is 29.4. The highest BCUT2D eigenvalue weighted by atomic mass is 16.3. The Kier molecular flexibility index (Phi) is 6.61. The van der Waals surface area contributed by atoms with Gasteiger partial charge in [0.25, 0.3) is 0 Å². The Balaban J connectivity index is 2.65. The average Bonchev–Trinajstić information content (AvgIpc) is 2.61. The van der Waals surface area contributed by atoms with Crippen LogP contribution in [-0.4, -0.2) is 33.6 Å². The summed E-state index contributed by atoms with van der Waals surface area (Å²) in [4.78, 5) is 0. The van der Waals surface area contributed by atoms with Crippen molar-refractivity contribution in [1.82, 2.24) is 0 Å². The minimum absolute atomic E-state index is 0.0530. The van der Waals surface area contributed by atoms with Crippen LogP contribution < -0.4 is 0 Å². The molecule has 1 saturated carbocycles. The van der Waals surface area contributed by atoms with Crippen molar-refractivity contribution in [2.75, 3.05) is 0 Å². The van der Waals surface area contributed by atoms with Gasteiger partial charge in [0.1, 0.15) is 0 Å². The SMILES string of the molecule is CC/C=C/CC1C(O)CC(O)C1/C=C/C(O)CC. The zero-order valence-electron chi connectivity index (χ0n) is 11.4. The van der Waals surface area contributed by atoms with Gasteiger partial charge in [0, 0.05) is 12.3 Å². The van der Waals surface area contributed by atoms with Crippen LogP contribution in [0.3, 0.4) is 0 Å². The second-order valence-corrected chi connectivity index (χ2v) is 5.09. The van der Waals surface area contributed by atoms with Crippen LogP contribution in [0.2, 0.25) is 0 Å². The number of rotatable bonds is 6. The standard InChI is InChI=1S/C15H26O3/c1-3-5-6-7-12-13(9-8-11(16)4-2)15(18)10-14(12)17/h5-6,8-9,11-18H,3-4,7,10H2,1-2H3/b6-5+,9-8+. The molecule has 1 aliphatic carbocycles. The normalized spacial score (nSPS) is 34.7. The minimum atomic E-state index is -0.500. The summed E-state index contributed by atoms with van der Waals surface area (Å²) in [5.74, 6) is 0.00538. The Hall–Kier alpha value is -0.640. The van der Waals surface area contributed by atoms with Crippen LogP contribution in [0.4, 0.5) is 0 Å². The van der Waals surface area contributed by atoms with Gasteiger partial charge in [-0.3, -0.25) is 0 Å². The van der Waals surface area contributed by atoms with Crippen LogP contribution in [0, 0.1) is 11.8 Å². The number of allylic oxidation sites excluding steroid dienone is 2. The number of aliphatic hydroxyl groups excluding tert-OH is 3. The maximum atomic E-state index is 9.96. The highest BCUT2D eigenvalue weighted by Crippen LogP contribution is 2.36. The molecule has 18 heavy (non-hydrogen) atoms. The van der Waals surface area contributed by atoms with Crippen LogP contribution in [0.5, 0.6) is 0 Å². The van der Waals surface area contributed by atoms with Gasteiger partial charge in [0.2, 0.25) is 0 Å². The van der Waals surface area contributed by atoms with Gasteiger partial charge in [-0.1, -0.05) is 38.2 Å². The summed E-state index contributed by atoms with van der Waals surface area (Å²) in [6.07, 6.45) is 9.23. The lowest BCUT2D eigenvalue weighted by atomic mass is 9.89. The van der Waals surface area contributed by atoms with Crippen molar-refractivity contribution in [1.29, 1.82) is 0 Å². The predicted molar refractivity (Wildman–Crippen MR) is 73.1 cm³/mol. The minimum Gasteiger partial charge on any atom is -0.393 e. The van der Waals surface area contributed by atoms with E-state index in [1.165, 1.54) is 0 Å². The van der Waals surface area contributed by atoms with E-state index in [2.05, 4.69) is 19.1 Å². The lowest BCUT2D eigenvalue weighted by molar-refractivity contribution is 0.120. The Morgan fingerprint density at radius 1 is 1.17 bits per heavy atom. The van der Waals surface area contributed by atoms with Crippen molar-refractivity contribution in [3.05, 3.63) is 24.3 Å². The molecule has 0 aromatic heterocycles. The van der Waals surface area contributed by atoms with E-state index < -0.39 is 18.3 Å². The molecule has 0 aliphatic heterocycles. The molecule has 0 spiro atoms. The highest BCUT2D eigenvalue weighted by Gasteiger charge is 2.39. The maximum Gasteiger partial charge on any atom is 0.0718 e. The van der Waals surface area contributed by atoms with Crippen molar-refractivity contribution >= 4 is 0 Å². The molecule has 1 rings (SSSR count). The molecule has 3 nitrogen and oxygen atoms in total. The topological polar surface area (TPSA) is 60.7 Å². The van der Waals surface area contributed by atoms with Gasteiger partial charge in [0.05, 0.1) is 18.3 Å². The van der Waals surface area contributed by atoms with E-state index in [0.29, 0.717) is 12.8 Å². The fourth-order valence-corrected chi connectivity index (χ4v) is 2.52. The van der Waals surface area contributed by atoms with Crippen LogP contribution in [-0.2, 0) is 0 Å². The van der Waals surface area contributed by atoms with Gasteiger partial charge in [-0.05, 0) is 25.2 Å². The number of hydrogen-bond donors (Lipinski definition) is 3. The first-order chi connectivity index (χ1) is 8.60. The summed E-state index contributed by atoms with van der Waals surface area (Å²) in [6, 6.07) is 0. The number of aliphatic hydroxyl groups is 3. The van der Waals surface area contributed by atoms with Crippen LogP contribution >= 0.6 is 0 Å². The third-order valence-corrected chi connectivity index (χ3v) is 3.70. The fourth-order valence-electron chi connectivity index (χ4n) is 2.52. The molecule has 0 bridgehead atoms. The van der Waals surface area contributed by atoms with E-state index in [1.54, 1.807) is 6.08 Å². The zero-order chi connectivity index (χ0) is 13.5. The molecule has 3 heteroatoms. The molecule has 0 aromatic rings. The summed E-state index contributed by atoms with van der Waals surface area (Å²) in [7, 11) is 0. The molecular weight excluding hydrogens is 228 g/mol. The van der Waals surface area contributed by atoms with Crippen molar-refractivity contribution in [3.63, 3.8) is 0 Å². The first-order valence-electron chi connectivity index (χ1n) is 6.97. The predicted octanol–water partition coefficient (Wildman–Crippen LogP) is 2.03. The summed E-state index contributed by atoms with van der Waals surface area (Å²) in [5.41, 5.74) is 0. The van der Waals surface area contributed by atoms with Crippen LogP contribution in [0.25, 0.3) is 0 Å². The van der Waals surface area contributed by atoms with Gasteiger partial charge < -0.3 is 15.3 Å². The summed E-state index contributed by atoms with van der Waals surface area (Å²) in [6.45, 7) is 3.99. The van der Waals surface area contributed by atoms with Gasteiger partial charge in [0.15, 0.2) is 0 Å². The van der Waals surface area contributed by atoms with Gasteiger partial charge in [-0.2, -0.15) is 0 Å². The Labute approximate surface area is 110 Å². The molecule has 104 valence electrons. The summed E-state index contributed by atoms with van der Waals surface area (Å²) < 4.78 is 0. The largest absolute Gasteiger partial charge is 0.393 e. The van der Waals surface area contributed by atoms with Crippen LogP contribution in [0.1, 0.15) is 39.5 Å². The quantitative estimate of drug-likeness (QED) is 0.636. The molecule has 0 aromatic carbocycles. The highest BCUT2D eigenvalue weighted by molar-refractivity contribution is 5.05. The van der Waals surface area contributed by atoms with Crippen molar-refractivity contribution < 1.29 is 15.3 Å². The average molecular weight is 254 g/mol. The lowest BCUT2D eigenvalue weighted by Gasteiger charge is -2.19. The van der Waals surface area contributed by atoms with E-state index in [9.17, 15) is 15.3 Å². The molecule has 1 fully saturated rings. The Morgan fingerprint density at radius 2 is 1.89 bits per heavy atom. The third kappa shape index (κ3) is 4.23. The first kappa shape index (κ1) is 15.4. The molecule has 0 heterocycles. The summed E-state index contributed by atoms with van der Waals surface area (Å²) >= 11 is 0. The van der Waals surface area contributed by atoms with Crippen molar-refractivity contribution in [2.45, 2.75) is 57.8 Å². The monoisotopic (exact) mass is 254 g/mol. The smallest absolute Gasteiger partial charge is 0.0718 e. The first-order valence-corrected chi connectivity index (χ1v) is 6.97. The van der Waals surface area contributed by atoms with Crippen LogP contribution in [0.15, 0.2) is 24.3 Å². The van der Waals surface area contributed by atoms with E-state index in [1.807, 2.05) is 13.0 Å². The second-order valence-electron chi connectivity index (χ2n) is 5.09. The number of hydrogen-bond acceptors (Lipinski definition) is 3. The Bertz CT molecular complexity index is 285. The van der Waals surface area contributed by atoms with Gasteiger partial charge >= 0.3 is 0 Å². The molecule has 0 saturated heterocycles. The van der Waals surface area contributed by atoms with Gasteiger partial charge in [-0.15, -0.1) is 0 Å². The van der Waals surface area contributed by atoms with E-state index >= 15 is 0 Å². The molecule has 1 aliphatic rings.